The normalized spacial score (nSPS) is 19.0. The van der Waals surface area contributed by atoms with E-state index in [0.29, 0.717) is 29.4 Å². The van der Waals surface area contributed by atoms with Crippen LogP contribution in [0.5, 0.6) is 0 Å². The van der Waals surface area contributed by atoms with Crippen molar-refractivity contribution in [1.29, 1.82) is 0 Å². The Hall–Kier alpha value is -2.42. The van der Waals surface area contributed by atoms with Crippen molar-refractivity contribution in [2.45, 2.75) is 13.5 Å². The summed E-state index contributed by atoms with van der Waals surface area (Å²) < 4.78 is 31.6. The monoisotopic (exact) mass is 336 g/mol. The van der Waals surface area contributed by atoms with Gasteiger partial charge in [0.1, 0.15) is 17.3 Å². The molecule has 2 aliphatic heterocycles. The van der Waals surface area contributed by atoms with E-state index in [1.54, 1.807) is 37.2 Å². The van der Waals surface area contributed by atoms with Crippen molar-refractivity contribution in [2.24, 2.45) is 4.40 Å². The molecule has 3 rings (SSSR count). The lowest BCUT2D eigenvalue weighted by Gasteiger charge is -2.28. The quantitative estimate of drug-likeness (QED) is 0.795. The van der Waals surface area contributed by atoms with Crippen LogP contribution in [-0.2, 0) is 21.4 Å². The molecule has 1 amide bonds. The van der Waals surface area contributed by atoms with E-state index in [0.717, 1.165) is 0 Å². The highest BCUT2D eigenvalue weighted by atomic mass is 32.2. The molecule has 0 spiro atoms. The highest BCUT2D eigenvalue weighted by Gasteiger charge is 2.26. The maximum absolute atomic E-state index is 12.5. The molecule has 0 aromatic carbocycles. The molecule has 0 saturated carbocycles. The van der Waals surface area contributed by atoms with E-state index in [-0.39, 0.29) is 18.2 Å². The number of carbonyl (C=O) groups excluding carboxylic acids is 1. The number of rotatable bonds is 3. The minimum atomic E-state index is -3.39. The van der Waals surface area contributed by atoms with Gasteiger partial charge in [-0.05, 0) is 19.1 Å². The van der Waals surface area contributed by atoms with Crippen molar-refractivity contribution in [3.8, 4) is 0 Å². The fourth-order valence-corrected chi connectivity index (χ4v) is 3.32. The highest BCUT2D eigenvalue weighted by Crippen LogP contribution is 2.17. The van der Waals surface area contributed by atoms with Crippen LogP contribution in [0, 0.1) is 6.92 Å². The maximum atomic E-state index is 12.5. The van der Waals surface area contributed by atoms with Crippen LogP contribution in [0.2, 0.25) is 0 Å². The molecule has 0 N–H and O–H groups in total. The van der Waals surface area contributed by atoms with Gasteiger partial charge in [0, 0.05) is 25.9 Å². The minimum Gasteiger partial charge on any atom is -0.361 e. The van der Waals surface area contributed by atoms with Crippen LogP contribution in [0.3, 0.4) is 0 Å². The third kappa shape index (κ3) is 3.34. The predicted octanol–water partition coefficient (Wildman–Crippen LogP) is 0.439. The molecule has 0 unspecified atom stereocenters. The van der Waals surface area contributed by atoms with Crippen molar-refractivity contribution >= 4 is 21.8 Å². The fourth-order valence-electron chi connectivity index (χ4n) is 2.36. The summed E-state index contributed by atoms with van der Waals surface area (Å²) in [6, 6.07) is 1.77. The molecule has 2 aliphatic rings. The molecule has 0 bridgehead atoms. The number of hydrogen-bond donors (Lipinski definition) is 0. The molecule has 0 saturated heterocycles. The van der Waals surface area contributed by atoms with Crippen LogP contribution in [-0.4, -0.2) is 54.5 Å². The van der Waals surface area contributed by atoms with Crippen molar-refractivity contribution in [1.82, 2.24) is 15.0 Å². The number of fused-ring (bicyclic) bond motifs is 1. The van der Waals surface area contributed by atoms with Crippen LogP contribution in [0.15, 0.2) is 38.9 Å². The van der Waals surface area contributed by atoms with Crippen LogP contribution in [0.25, 0.3) is 0 Å². The second kappa shape index (κ2) is 5.65. The van der Waals surface area contributed by atoms with Gasteiger partial charge in [0.2, 0.25) is 0 Å². The Labute approximate surface area is 133 Å². The number of nitrogens with zero attached hydrogens (tertiary/aromatic N) is 4. The van der Waals surface area contributed by atoms with Crippen molar-refractivity contribution in [2.75, 3.05) is 19.3 Å². The summed E-state index contributed by atoms with van der Waals surface area (Å²) in [5.74, 6) is 0.779. The first-order valence-electron chi connectivity index (χ1n) is 7.01. The topological polar surface area (TPSA) is 96.1 Å². The molecule has 1 aromatic rings. The van der Waals surface area contributed by atoms with Crippen LogP contribution in [0.1, 0.15) is 11.5 Å². The Morgan fingerprint density at radius 3 is 2.91 bits per heavy atom. The minimum absolute atomic E-state index is 0.0592. The Kier molecular flexibility index (Phi) is 3.80. The lowest BCUT2D eigenvalue weighted by Crippen LogP contribution is -2.38. The Balaban J connectivity index is 1.74. The van der Waals surface area contributed by atoms with Gasteiger partial charge in [-0.15, -0.1) is 4.40 Å². The van der Waals surface area contributed by atoms with Crippen molar-refractivity contribution in [3.63, 3.8) is 0 Å². The first kappa shape index (κ1) is 15.5. The second-order valence-electron chi connectivity index (χ2n) is 5.44. The van der Waals surface area contributed by atoms with Gasteiger partial charge >= 0.3 is 0 Å². The van der Waals surface area contributed by atoms with Gasteiger partial charge < -0.3 is 14.3 Å². The number of hydrogen-bond acceptors (Lipinski definition) is 6. The SMILES string of the molecule is Cc1cc(CN(C)C(=O)C2=CN3CCS(=O)(=O)N=C3C=C2)no1. The van der Waals surface area contributed by atoms with Crippen LogP contribution in [0.4, 0.5) is 0 Å². The van der Waals surface area contributed by atoms with Gasteiger partial charge in [-0.3, -0.25) is 4.79 Å². The average molecular weight is 336 g/mol. The summed E-state index contributed by atoms with van der Waals surface area (Å²) in [6.07, 6.45) is 4.74. The zero-order valence-corrected chi connectivity index (χ0v) is 13.6. The average Bonchev–Trinajstić information content (AvgIpc) is 2.90. The fraction of sp³-hybridized carbons (Fsp3) is 0.357. The van der Waals surface area contributed by atoms with Gasteiger partial charge in [0.25, 0.3) is 15.9 Å². The van der Waals surface area contributed by atoms with E-state index in [4.69, 9.17) is 4.52 Å². The largest absolute Gasteiger partial charge is 0.361 e. The maximum Gasteiger partial charge on any atom is 0.256 e. The predicted molar refractivity (Wildman–Crippen MR) is 82.9 cm³/mol. The summed E-state index contributed by atoms with van der Waals surface area (Å²) in [5.41, 5.74) is 1.14. The summed E-state index contributed by atoms with van der Waals surface area (Å²) >= 11 is 0. The molecule has 23 heavy (non-hydrogen) atoms. The van der Waals surface area contributed by atoms with E-state index >= 15 is 0 Å². The number of amides is 1. The molecule has 0 aliphatic carbocycles. The zero-order valence-electron chi connectivity index (χ0n) is 12.8. The molecule has 3 heterocycles. The Bertz CT molecular complexity index is 835. The van der Waals surface area contributed by atoms with Gasteiger partial charge in [0.05, 0.1) is 17.9 Å². The van der Waals surface area contributed by atoms with Crippen LogP contribution < -0.4 is 0 Å². The summed E-state index contributed by atoms with van der Waals surface area (Å²) in [5, 5.41) is 3.86. The van der Waals surface area contributed by atoms with Gasteiger partial charge in [0.15, 0.2) is 0 Å². The lowest BCUT2D eigenvalue weighted by molar-refractivity contribution is -0.126. The molecule has 8 nitrogen and oxygen atoms in total. The number of carbonyl (C=O) groups is 1. The summed E-state index contributed by atoms with van der Waals surface area (Å²) in [6.45, 7) is 2.40. The van der Waals surface area contributed by atoms with Crippen LogP contribution >= 0.6 is 0 Å². The van der Waals surface area contributed by atoms with E-state index in [1.807, 2.05) is 0 Å². The standard InChI is InChI=1S/C14H16N4O4S/c1-10-7-12(15-22-10)9-17(2)14(19)11-3-4-13-16-23(20,21)6-5-18(13)8-11/h3-4,7-8H,5-6,9H2,1-2H3. The van der Waals surface area contributed by atoms with Crippen molar-refractivity contribution in [3.05, 3.63) is 41.4 Å². The Morgan fingerprint density at radius 1 is 1.43 bits per heavy atom. The molecule has 0 atom stereocenters. The summed E-state index contributed by atoms with van der Waals surface area (Å²) in [4.78, 5) is 15.7. The molecule has 1 aromatic heterocycles. The number of amidine groups is 1. The molecular weight excluding hydrogens is 320 g/mol. The van der Waals surface area contributed by atoms with E-state index in [9.17, 15) is 13.2 Å². The number of likely N-dealkylation sites (N-methyl/N-ethyl adjacent to an activating group) is 1. The van der Waals surface area contributed by atoms with Gasteiger partial charge in [-0.1, -0.05) is 5.16 Å². The molecule has 122 valence electrons. The highest BCUT2D eigenvalue weighted by molar-refractivity contribution is 7.90. The lowest BCUT2D eigenvalue weighted by atomic mass is 10.1. The molecule has 0 radical (unpaired) electrons. The third-order valence-corrected chi connectivity index (χ3v) is 4.66. The first-order valence-corrected chi connectivity index (χ1v) is 8.62. The smallest absolute Gasteiger partial charge is 0.256 e. The number of aryl methyl sites for hydroxylation is 1. The first-order chi connectivity index (χ1) is 10.8. The second-order valence-corrected chi connectivity index (χ2v) is 7.19. The zero-order chi connectivity index (χ0) is 16.6. The van der Waals surface area contributed by atoms with E-state index < -0.39 is 10.0 Å². The van der Waals surface area contributed by atoms with E-state index in [1.165, 1.54) is 11.0 Å². The molecular formula is C14H16N4O4S. The number of sulfonamides is 1. The summed E-state index contributed by atoms with van der Waals surface area (Å²) in [7, 11) is -1.72. The van der Waals surface area contributed by atoms with Gasteiger partial charge in [-0.2, -0.15) is 0 Å². The molecule has 9 heteroatoms. The van der Waals surface area contributed by atoms with Crippen molar-refractivity contribution < 1.29 is 17.7 Å². The van der Waals surface area contributed by atoms with Gasteiger partial charge in [-0.25, -0.2) is 8.42 Å². The number of aromatic nitrogens is 1. The Morgan fingerprint density at radius 2 is 2.22 bits per heavy atom. The van der Waals surface area contributed by atoms with E-state index in [2.05, 4.69) is 9.55 Å². The third-order valence-electron chi connectivity index (χ3n) is 3.49. The molecule has 0 fully saturated rings.